The number of aromatic nitrogens is 1. The highest BCUT2D eigenvalue weighted by molar-refractivity contribution is 5.94. The third-order valence-electron chi connectivity index (χ3n) is 8.38. The molecule has 5 atom stereocenters. The molecule has 0 bridgehead atoms. The molecule has 0 radical (unpaired) electrons. The number of nitrogens with zero attached hydrogens (tertiary/aromatic N) is 1. The van der Waals surface area contributed by atoms with E-state index in [1.165, 1.54) is 30.2 Å². The Kier molecular flexibility index (Phi) is 3.85. The quantitative estimate of drug-likeness (QED) is 0.608. The van der Waals surface area contributed by atoms with Crippen molar-refractivity contribution in [3.8, 4) is 0 Å². The van der Waals surface area contributed by atoms with Gasteiger partial charge in [0.1, 0.15) is 5.82 Å². The molecule has 1 unspecified atom stereocenters. The Bertz CT molecular complexity index is 955. The summed E-state index contributed by atoms with van der Waals surface area (Å²) in [4.78, 5) is 4.10. The summed E-state index contributed by atoms with van der Waals surface area (Å²) >= 11 is 0. The lowest BCUT2D eigenvalue weighted by Gasteiger charge is -2.58. The minimum atomic E-state index is -0.262. The Balaban J connectivity index is 1.52. The van der Waals surface area contributed by atoms with E-state index in [0.29, 0.717) is 17.8 Å². The monoisotopic (exact) mass is 376 g/mol. The van der Waals surface area contributed by atoms with Gasteiger partial charge in [0.05, 0.1) is 6.20 Å². The van der Waals surface area contributed by atoms with E-state index in [2.05, 4.69) is 44.0 Å². The van der Waals surface area contributed by atoms with E-state index in [0.717, 1.165) is 30.5 Å². The van der Waals surface area contributed by atoms with Gasteiger partial charge in [-0.05, 0) is 78.6 Å². The third kappa shape index (κ3) is 2.38. The third-order valence-corrected chi connectivity index (χ3v) is 8.38. The minimum Gasteiger partial charge on any atom is -0.305 e. The van der Waals surface area contributed by atoms with E-state index in [1.807, 2.05) is 0 Å². The minimum absolute atomic E-state index is 0.00465. The summed E-state index contributed by atoms with van der Waals surface area (Å²) in [6.07, 6.45) is 15.4. The summed E-state index contributed by atoms with van der Waals surface area (Å²) in [7, 11) is 0. The number of rotatable bonds is 1. The number of nitrogens with one attached hydrogen (secondary N) is 1. The molecule has 0 amide bonds. The van der Waals surface area contributed by atoms with Crippen LogP contribution in [0.3, 0.4) is 0 Å². The van der Waals surface area contributed by atoms with Gasteiger partial charge in [0.25, 0.3) is 0 Å². The summed E-state index contributed by atoms with van der Waals surface area (Å²) in [5.41, 5.74) is 6.26. The molecule has 1 heterocycles. The number of allylic oxidation sites excluding steroid dienone is 6. The van der Waals surface area contributed by atoms with Crippen LogP contribution in [0.1, 0.15) is 58.4 Å². The fourth-order valence-electron chi connectivity index (χ4n) is 6.97. The van der Waals surface area contributed by atoms with Crippen molar-refractivity contribution in [3.63, 3.8) is 0 Å². The molecule has 146 valence electrons. The molecule has 1 N–H and O–H groups in total. The van der Waals surface area contributed by atoms with Crippen molar-refractivity contribution in [2.75, 3.05) is 0 Å². The van der Waals surface area contributed by atoms with Crippen LogP contribution in [0.5, 0.6) is 0 Å². The van der Waals surface area contributed by atoms with Gasteiger partial charge in [-0.15, -0.1) is 0 Å². The first-order valence-corrected chi connectivity index (χ1v) is 10.7. The van der Waals surface area contributed by atoms with E-state index in [1.54, 1.807) is 17.8 Å². The van der Waals surface area contributed by atoms with Gasteiger partial charge in [-0.25, -0.2) is 4.39 Å². The molecule has 0 aromatic carbocycles. The zero-order valence-corrected chi connectivity index (χ0v) is 17.1. The van der Waals surface area contributed by atoms with Gasteiger partial charge in [-0.1, -0.05) is 44.1 Å². The smallest absolute Gasteiger partial charge is 0.142 e. The van der Waals surface area contributed by atoms with Gasteiger partial charge in [-0.2, -0.15) is 0 Å². The normalized spacial score (nSPS) is 39.4. The van der Waals surface area contributed by atoms with Crippen LogP contribution in [0.2, 0.25) is 0 Å². The molecule has 1 aromatic heterocycles. The van der Waals surface area contributed by atoms with E-state index in [9.17, 15) is 4.39 Å². The fraction of sp³-hybridized carbons (Fsp3) is 0.520. The summed E-state index contributed by atoms with van der Waals surface area (Å²) < 4.78 is 13.8. The van der Waals surface area contributed by atoms with Crippen LogP contribution >= 0.6 is 0 Å². The first-order chi connectivity index (χ1) is 13.3. The van der Waals surface area contributed by atoms with Crippen LogP contribution in [0.15, 0.2) is 47.8 Å². The number of fused-ring (bicyclic) bond motifs is 5. The molecule has 28 heavy (non-hydrogen) atoms. The zero-order chi connectivity index (χ0) is 19.7. The molecule has 5 rings (SSSR count). The first kappa shape index (κ1) is 18.0. The van der Waals surface area contributed by atoms with E-state index < -0.39 is 0 Å². The summed E-state index contributed by atoms with van der Waals surface area (Å²) in [5, 5.41) is 8.18. The second-order valence-corrected chi connectivity index (χ2v) is 9.86. The highest BCUT2D eigenvalue weighted by Gasteiger charge is 2.55. The van der Waals surface area contributed by atoms with Crippen molar-refractivity contribution in [2.45, 2.75) is 52.9 Å². The van der Waals surface area contributed by atoms with Gasteiger partial charge in [0, 0.05) is 17.3 Å². The van der Waals surface area contributed by atoms with Crippen molar-refractivity contribution in [1.82, 2.24) is 4.98 Å². The molecule has 2 saturated carbocycles. The predicted octanol–water partition coefficient (Wildman–Crippen LogP) is 6.36. The topological polar surface area (TPSA) is 36.7 Å². The van der Waals surface area contributed by atoms with Crippen molar-refractivity contribution < 1.29 is 4.39 Å². The average Bonchev–Trinajstić information content (AvgIpc) is 3.01. The standard InChI is InChI=1S/C25H29FN2/c1-15-10-19-21-5-4-20(16-11-17(26)14-28-13-16)24(21,2)9-7-22(19)25(3)8-6-18(27)12-23(15)25/h4-5,11-15,19,22,27H,6-10H2,1-3H3/t15?,19-,22-,24+,25+/m0/s1. The van der Waals surface area contributed by atoms with Gasteiger partial charge in [-0.3, -0.25) is 4.98 Å². The van der Waals surface area contributed by atoms with Crippen LogP contribution in [-0.4, -0.2) is 10.7 Å². The van der Waals surface area contributed by atoms with E-state index in [-0.39, 0.29) is 16.6 Å². The molecule has 0 saturated heterocycles. The molecular formula is C25H29FN2. The Morgan fingerprint density at radius 1 is 1.14 bits per heavy atom. The fourth-order valence-corrected chi connectivity index (χ4v) is 6.97. The molecule has 1 aromatic rings. The van der Waals surface area contributed by atoms with Crippen molar-refractivity contribution in [1.29, 1.82) is 5.41 Å². The van der Waals surface area contributed by atoms with Crippen LogP contribution in [0.25, 0.3) is 5.57 Å². The molecular weight excluding hydrogens is 347 g/mol. The average molecular weight is 377 g/mol. The van der Waals surface area contributed by atoms with Gasteiger partial charge in [0.2, 0.25) is 0 Å². The summed E-state index contributed by atoms with van der Waals surface area (Å²) in [5.74, 6) is 1.50. The summed E-state index contributed by atoms with van der Waals surface area (Å²) in [6.45, 7) is 7.17. The maximum absolute atomic E-state index is 13.8. The van der Waals surface area contributed by atoms with Crippen LogP contribution in [0, 0.1) is 39.8 Å². The van der Waals surface area contributed by atoms with E-state index >= 15 is 0 Å². The largest absolute Gasteiger partial charge is 0.305 e. The van der Waals surface area contributed by atoms with Crippen LogP contribution in [0.4, 0.5) is 4.39 Å². The lowest BCUT2D eigenvalue weighted by Crippen LogP contribution is -2.49. The van der Waals surface area contributed by atoms with Gasteiger partial charge < -0.3 is 5.41 Å². The molecule has 4 aliphatic carbocycles. The molecule has 3 heteroatoms. The van der Waals surface area contributed by atoms with Crippen molar-refractivity contribution >= 4 is 11.3 Å². The highest BCUT2D eigenvalue weighted by atomic mass is 19.1. The maximum atomic E-state index is 13.8. The SMILES string of the molecule is CC1C[C@H]2C3=CC=C(c4cncc(F)c4)[C@@]3(C)CC[C@@H]2[C@@]2(C)CCC(=N)C=C12. The Morgan fingerprint density at radius 3 is 2.75 bits per heavy atom. The van der Waals surface area contributed by atoms with Crippen LogP contribution in [-0.2, 0) is 0 Å². The Labute approximate surface area is 167 Å². The van der Waals surface area contributed by atoms with Gasteiger partial charge in [0.15, 0.2) is 0 Å². The Morgan fingerprint density at radius 2 is 1.96 bits per heavy atom. The van der Waals surface area contributed by atoms with Gasteiger partial charge >= 0.3 is 0 Å². The summed E-state index contributed by atoms with van der Waals surface area (Å²) in [6, 6.07) is 1.63. The molecule has 2 fully saturated rings. The highest BCUT2D eigenvalue weighted by Crippen LogP contribution is 2.66. The lowest BCUT2D eigenvalue weighted by atomic mass is 9.46. The number of hydrogen-bond donors (Lipinski definition) is 1. The predicted molar refractivity (Wildman–Crippen MR) is 112 cm³/mol. The van der Waals surface area contributed by atoms with Crippen LogP contribution < -0.4 is 0 Å². The first-order valence-electron chi connectivity index (χ1n) is 10.7. The maximum Gasteiger partial charge on any atom is 0.142 e. The second-order valence-electron chi connectivity index (χ2n) is 9.86. The molecule has 4 aliphatic rings. The Hall–Kier alpha value is -2.03. The number of hydrogen-bond acceptors (Lipinski definition) is 2. The van der Waals surface area contributed by atoms with E-state index in [4.69, 9.17) is 5.41 Å². The number of pyridine rings is 1. The molecule has 0 spiro atoms. The lowest BCUT2D eigenvalue weighted by molar-refractivity contribution is 0.0534. The van der Waals surface area contributed by atoms with Crippen molar-refractivity contribution in [2.24, 2.45) is 28.6 Å². The molecule has 0 aliphatic heterocycles. The number of halogens is 1. The molecule has 2 nitrogen and oxygen atoms in total. The van der Waals surface area contributed by atoms with Crippen molar-refractivity contribution in [3.05, 3.63) is 59.2 Å². The second kappa shape index (κ2) is 5.98. The zero-order valence-electron chi connectivity index (χ0n) is 17.1.